The monoisotopic (exact) mass is 222 g/mol. The zero-order valence-corrected chi connectivity index (χ0v) is 9.46. The van der Waals surface area contributed by atoms with Crippen molar-refractivity contribution < 1.29 is 4.79 Å². The molecule has 0 spiro atoms. The van der Waals surface area contributed by atoms with E-state index in [1.165, 1.54) is 12.8 Å². The second-order valence-electron chi connectivity index (χ2n) is 4.17. The van der Waals surface area contributed by atoms with Crippen LogP contribution in [-0.4, -0.2) is 5.78 Å². The first kappa shape index (κ1) is 10.7. The second kappa shape index (κ2) is 4.80. The highest BCUT2D eigenvalue weighted by atomic mass is 35.5. The highest BCUT2D eigenvalue weighted by Crippen LogP contribution is 2.29. The van der Waals surface area contributed by atoms with E-state index >= 15 is 0 Å². The van der Waals surface area contributed by atoms with Crippen molar-refractivity contribution in [1.29, 1.82) is 0 Å². The molecule has 0 saturated heterocycles. The average molecular weight is 223 g/mol. The fourth-order valence-electron chi connectivity index (χ4n) is 2.21. The molecule has 1 atom stereocenters. The van der Waals surface area contributed by atoms with Gasteiger partial charge < -0.3 is 0 Å². The minimum atomic E-state index is 0.116. The van der Waals surface area contributed by atoms with E-state index in [4.69, 9.17) is 11.6 Å². The zero-order chi connectivity index (χ0) is 10.7. The number of halogens is 1. The van der Waals surface area contributed by atoms with Gasteiger partial charge in [0.25, 0.3) is 0 Å². The standard InChI is InChI=1S/C13H15ClO/c14-11-8-6-10(7-9-11)12-4-2-1-3-5-13(12)15/h6-9,12H,1-5H2/t12-/m0/s1. The van der Waals surface area contributed by atoms with Crippen molar-refractivity contribution in [3.63, 3.8) is 0 Å². The molecule has 1 nitrogen and oxygen atoms in total. The molecule has 1 saturated carbocycles. The molecule has 0 unspecified atom stereocenters. The molecule has 0 aliphatic heterocycles. The van der Waals surface area contributed by atoms with E-state index in [1.54, 1.807) is 0 Å². The molecule has 0 radical (unpaired) electrons. The van der Waals surface area contributed by atoms with E-state index in [0.29, 0.717) is 5.78 Å². The average Bonchev–Trinajstić information content (AvgIpc) is 2.44. The van der Waals surface area contributed by atoms with Crippen LogP contribution in [0.25, 0.3) is 0 Å². The van der Waals surface area contributed by atoms with Gasteiger partial charge in [0, 0.05) is 17.4 Å². The van der Waals surface area contributed by atoms with Gasteiger partial charge in [0.1, 0.15) is 5.78 Å². The first-order valence-electron chi connectivity index (χ1n) is 5.55. The highest BCUT2D eigenvalue weighted by Gasteiger charge is 2.21. The number of Topliss-reactive ketones (excluding diaryl/α,β-unsaturated/α-hetero) is 1. The highest BCUT2D eigenvalue weighted by molar-refractivity contribution is 6.30. The summed E-state index contributed by atoms with van der Waals surface area (Å²) in [5, 5.41) is 0.736. The van der Waals surface area contributed by atoms with Crippen LogP contribution >= 0.6 is 11.6 Å². The first-order valence-corrected chi connectivity index (χ1v) is 5.93. The Morgan fingerprint density at radius 3 is 2.53 bits per heavy atom. The predicted octanol–water partition coefficient (Wildman–Crippen LogP) is 3.96. The minimum Gasteiger partial charge on any atom is -0.299 e. The Morgan fingerprint density at radius 2 is 1.80 bits per heavy atom. The van der Waals surface area contributed by atoms with Crippen LogP contribution in [0.5, 0.6) is 0 Å². The summed E-state index contributed by atoms with van der Waals surface area (Å²) < 4.78 is 0. The molecule has 0 heterocycles. The summed E-state index contributed by atoms with van der Waals surface area (Å²) in [5.41, 5.74) is 1.13. The molecular weight excluding hydrogens is 208 g/mol. The molecule has 1 aromatic carbocycles. The molecular formula is C13H15ClO. The summed E-state index contributed by atoms with van der Waals surface area (Å²) in [6.45, 7) is 0. The van der Waals surface area contributed by atoms with Crippen LogP contribution in [0.1, 0.15) is 43.6 Å². The molecule has 1 aliphatic rings. The van der Waals surface area contributed by atoms with Crippen LogP contribution in [0.3, 0.4) is 0 Å². The van der Waals surface area contributed by atoms with Gasteiger partial charge in [0.05, 0.1) is 0 Å². The van der Waals surface area contributed by atoms with Crippen molar-refractivity contribution in [2.45, 2.75) is 38.0 Å². The summed E-state index contributed by atoms with van der Waals surface area (Å²) >= 11 is 5.83. The topological polar surface area (TPSA) is 17.1 Å². The summed E-state index contributed by atoms with van der Waals surface area (Å²) in [7, 11) is 0. The van der Waals surface area contributed by atoms with Gasteiger partial charge in [-0.3, -0.25) is 4.79 Å². The first-order chi connectivity index (χ1) is 7.27. The number of carbonyl (C=O) groups is 1. The quantitative estimate of drug-likeness (QED) is 0.658. The maximum Gasteiger partial charge on any atom is 0.140 e. The molecule has 1 aliphatic carbocycles. The van der Waals surface area contributed by atoms with Crippen molar-refractivity contribution in [2.24, 2.45) is 0 Å². The maximum atomic E-state index is 11.9. The summed E-state index contributed by atoms with van der Waals surface area (Å²) in [6.07, 6.45) is 5.16. The summed E-state index contributed by atoms with van der Waals surface area (Å²) in [6, 6.07) is 7.70. The Kier molecular flexibility index (Phi) is 3.42. The van der Waals surface area contributed by atoms with Gasteiger partial charge in [0.2, 0.25) is 0 Å². The lowest BCUT2D eigenvalue weighted by Crippen LogP contribution is -2.10. The largest absolute Gasteiger partial charge is 0.299 e. The molecule has 0 N–H and O–H groups in total. The number of carbonyl (C=O) groups excluding carboxylic acids is 1. The number of rotatable bonds is 1. The Hall–Kier alpha value is -0.820. The van der Waals surface area contributed by atoms with E-state index in [9.17, 15) is 4.79 Å². The Labute approximate surface area is 95.4 Å². The lowest BCUT2D eigenvalue weighted by molar-refractivity contribution is -0.120. The van der Waals surface area contributed by atoms with Crippen molar-refractivity contribution in [2.75, 3.05) is 0 Å². The Balaban J connectivity index is 2.20. The molecule has 15 heavy (non-hydrogen) atoms. The van der Waals surface area contributed by atoms with Gasteiger partial charge in [-0.2, -0.15) is 0 Å². The molecule has 80 valence electrons. The molecule has 1 aromatic rings. The van der Waals surface area contributed by atoms with Crippen molar-refractivity contribution in [3.8, 4) is 0 Å². The normalized spacial score (nSPS) is 22.5. The van der Waals surface area contributed by atoms with E-state index < -0.39 is 0 Å². The minimum absolute atomic E-state index is 0.116. The Morgan fingerprint density at radius 1 is 1.07 bits per heavy atom. The van der Waals surface area contributed by atoms with Crippen LogP contribution < -0.4 is 0 Å². The molecule has 0 amide bonds. The number of hydrogen-bond donors (Lipinski definition) is 0. The fourth-order valence-corrected chi connectivity index (χ4v) is 2.33. The van der Waals surface area contributed by atoms with Gasteiger partial charge in [-0.25, -0.2) is 0 Å². The lowest BCUT2D eigenvalue weighted by atomic mass is 9.91. The summed E-state index contributed by atoms with van der Waals surface area (Å²) in [5.74, 6) is 0.514. The number of ketones is 1. The third kappa shape index (κ3) is 2.60. The number of hydrogen-bond acceptors (Lipinski definition) is 1. The third-order valence-corrected chi connectivity index (χ3v) is 3.33. The Bertz CT molecular complexity index is 342. The fraction of sp³-hybridized carbons (Fsp3) is 0.462. The lowest BCUT2D eigenvalue weighted by Gasteiger charge is -2.12. The van der Waals surface area contributed by atoms with Crippen molar-refractivity contribution in [3.05, 3.63) is 34.9 Å². The van der Waals surface area contributed by atoms with Crippen LogP contribution in [0, 0.1) is 0 Å². The van der Waals surface area contributed by atoms with Gasteiger partial charge in [-0.1, -0.05) is 36.6 Å². The van der Waals surface area contributed by atoms with Crippen LogP contribution in [0.4, 0.5) is 0 Å². The smallest absolute Gasteiger partial charge is 0.140 e. The van der Waals surface area contributed by atoms with Crippen LogP contribution in [-0.2, 0) is 4.79 Å². The van der Waals surface area contributed by atoms with Gasteiger partial charge >= 0.3 is 0 Å². The van der Waals surface area contributed by atoms with E-state index in [1.807, 2.05) is 24.3 Å². The van der Waals surface area contributed by atoms with Gasteiger partial charge in [-0.15, -0.1) is 0 Å². The molecule has 2 heteroatoms. The third-order valence-electron chi connectivity index (χ3n) is 3.08. The van der Waals surface area contributed by atoms with E-state index in [2.05, 4.69) is 0 Å². The number of benzene rings is 1. The summed E-state index contributed by atoms with van der Waals surface area (Å²) in [4.78, 5) is 11.9. The van der Waals surface area contributed by atoms with Gasteiger partial charge in [0.15, 0.2) is 0 Å². The molecule has 0 aromatic heterocycles. The molecule has 1 fully saturated rings. The molecule has 2 rings (SSSR count). The SMILES string of the molecule is O=C1CCCCC[C@H]1c1ccc(Cl)cc1. The van der Waals surface area contributed by atoms with Gasteiger partial charge in [-0.05, 0) is 30.5 Å². The van der Waals surface area contributed by atoms with Crippen LogP contribution in [0.2, 0.25) is 5.02 Å². The molecule has 0 bridgehead atoms. The second-order valence-corrected chi connectivity index (χ2v) is 4.61. The predicted molar refractivity (Wildman–Crippen MR) is 62.3 cm³/mol. The maximum absolute atomic E-state index is 11.9. The van der Waals surface area contributed by atoms with Crippen molar-refractivity contribution in [1.82, 2.24) is 0 Å². The zero-order valence-electron chi connectivity index (χ0n) is 8.71. The van der Waals surface area contributed by atoms with E-state index in [0.717, 1.165) is 29.8 Å². The van der Waals surface area contributed by atoms with E-state index in [-0.39, 0.29) is 5.92 Å². The van der Waals surface area contributed by atoms with Crippen LogP contribution in [0.15, 0.2) is 24.3 Å². The van der Waals surface area contributed by atoms with Crippen molar-refractivity contribution >= 4 is 17.4 Å².